The quantitative estimate of drug-likeness (QED) is 0.359. The smallest absolute Gasteiger partial charge is 0.122 e. The second-order valence-corrected chi connectivity index (χ2v) is 8.00. The summed E-state index contributed by atoms with van der Waals surface area (Å²) < 4.78 is 5.87. The van der Waals surface area contributed by atoms with Crippen molar-refractivity contribution in [1.82, 2.24) is 0 Å². The topological polar surface area (TPSA) is 29.5 Å². The molecule has 1 unspecified atom stereocenters. The molecule has 1 heterocycles. The maximum atomic E-state index is 10.4. The van der Waals surface area contributed by atoms with Crippen LogP contribution in [0.15, 0.2) is 18.2 Å². The molecule has 2 heteroatoms. The van der Waals surface area contributed by atoms with Gasteiger partial charge in [-0.1, -0.05) is 82.9 Å². The average molecular weight is 373 g/mol. The van der Waals surface area contributed by atoms with Crippen LogP contribution in [-0.2, 0) is 11.2 Å². The number of benzene rings is 1. The number of unbranched alkanes of at least 4 members (excludes halogenated alkanes) is 9. The van der Waals surface area contributed by atoms with Gasteiger partial charge in [-0.3, -0.25) is 0 Å². The number of hydrogen-bond donors (Lipinski definition) is 1. The molecule has 1 aliphatic heterocycles. The van der Waals surface area contributed by atoms with Crippen LogP contribution in [0.1, 0.15) is 114 Å². The molecule has 0 aliphatic carbocycles. The van der Waals surface area contributed by atoms with Gasteiger partial charge in [0.2, 0.25) is 0 Å². The molecular formula is C25H40O2. The summed E-state index contributed by atoms with van der Waals surface area (Å²) in [5.41, 5.74) is 3.56. The highest BCUT2D eigenvalue weighted by Gasteiger charge is 2.24. The van der Waals surface area contributed by atoms with E-state index >= 15 is 0 Å². The van der Waals surface area contributed by atoms with Crippen molar-refractivity contribution in [3.63, 3.8) is 0 Å². The van der Waals surface area contributed by atoms with Gasteiger partial charge in [-0.2, -0.15) is 0 Å². The van der Waals surface area contributed by atoms with Gasteiger partial charge in [0.1, 0.15) is 5.75 Å². The van der Waals surface area contributed by atoms with Crippen molar-refractivity contribution >= 4 is 6.08 Å². The van der Waals surface area contributed by atoms with Gasteiger partial charge in [0.15, 0.2) is 0 Å². The lowest BCUT2D eigenvalue weighted by Gasteiger charge is -2.18. The monoisotopic (exact) mass is 372 g/mol. The third-order valence-corrected chi connectivity index (χ3v) is 5.74. The fraction of sp³-hybridized carbons (Fsp3) is 0.680. The van der Waals surface area contributed by atoms with Crippen LogP contribution in [0.5, 0.6) is 5.75 Å². The van der Waals surface area contributed by atoms with Gasteiger partial charge in [-0.25, -0.2) is 0 Å². The predicted octanol–water partition coefficient (Wildman–Crippen LogP) is 7.74. The molecule has 0 spiro atoms. The second-order valence-electron chi connectivity index (χ2n) is 8.00. The molecule has 1 aromatic rings. The number of phenolic OH excluding ortho intramolecular Hbond substituents is 1. The number of allylic oxidation sites excluding steroid dienone is 1. The zero-order valence-corrected chi connectivity index (χ0v) is 17.6. The third kappa shape index (κ3) is 7.33. The Morgan fingerprint density at radius 1 is 1.00 bits per heavy atom. The lowest BCUT2D eigenvalue weighted by molar-refractivity contribution is 0.109. The number of rotatable bonds is 13. The first-order valence-electron chi connectivity index (χ1n) is 11.4. The summed E-state index contributed by atoms with van der Waals surface area (Å²) in [4.78, 5) is 0. The highest BCUT2D eigenvalue weighted by atomic mass is 16.5. The molecule has 0 aromatic heterocycles. The molecular weight excluding hydrogens is 332 g/mol. The fourth-order valence-electron chi connectivity index (χ4n) is 4.20. The number of aryl methyl sites for hydroxylation is 1. The first kappa shape index (κ1) is 22.0. The van der Waals surface area contributed by atoms with E-state index in [4.69, 9.17) is 4.74 Å². The molecule has 1 atom stereocenters. The summed E-state index contributed by atoms with van der Waals surface area (Å²) in [6.45, 7) is 5.13. The standard InChI is InChI=1S/C25H40O2/c1-3-5-6-7-8-9-10-11-12-13-16-21-18-19-23(26)25(22(21)15-4-2)24-17-14-20-27-24/h4,15,18-19,24,26H,3,5-14,16-17,20H2,1-2H3. The Morgan fingerprint density at radius 3 is 2.26 bits per heavy atom. The predicted molar refractivity (Wildman–Crippen MR) is 116 cm³/mol. The van der Waals surface area contributed by atoms with Crippen LogP contribution in [0.3, 0.4) is 0 Å². The van der Waals surface area contributed by atoms with E-state index in [0.29, 0.717) is 5.75 Å². The lowest BCUT2D eigenvalue weighted by atomic mass is 9.91. The van der Waals surface area contributed by atoms with E-state index < -0.39 is 0 Å². The van der Waals surface area contributed by atoms with E-state index in [9.17, 15) is 5.11 Å². The Morgan fingerprint density at radius 2 is 1.67 bits per heavy atom. The minimum Gasteiger partial charge on any atom is -0.508 e. The molecule has 0 bridgehead atoms. The van der Waals surface area contributed by atoms with Crippen LogP contribution < -0.4 is 0 Å². The van der Waals surface area contributed by atoms with E-state index in [0.717, 1.165) is 31.4 Å². The van der Waals surface area contributed by atoms with E-state index in [1.807, 2.05) is 13.0 Å². The average Bonchev–Trinajstić information content (AvgIpc) is 3.19. The summed E-state index contributed by atoms with van der Waals surface area (Å²) in [6.07, 6.45) is 21.1. The Bertz CT molecular complexity index is 556. The van der Waals surface area contributed by atoms with Crippen molar-refractivity contribution in [2.75, 3.05) is 6.61 Å². The minimum atomic E-state index is 0.0591. The van der Waals surface area contributed by atoms with Gasteiger partial charge in [0.05, 0.1) is 6.10 Å². The van der Waals surface area contributed by atoms with Gasteiger partial charge in [-0.05, 0) is 49.8 Å². The second kappa shape index (κ2) is 13.0. The van der Waals surface area contributed by atoms with Crippen LogP contribution in [0.4, 0.5) is 0 Å². The van der Waals surface area contributed by atoms with E-state index in [2.05, 4.69) is 25.1 Å². The normalized spacial score (nSPS) is 17.2. The molecule has 1 saturated heterocycles. The fourth-order valence-corrected chi connectivity index (χ4v) is 4.20. The van der Waals surface area contributed by atoms with Crippen molar-refractivity contribution in [3.05, 3.63) is 34.9 Å². The molecule has 0 saturated carbocycles. The van der Waals surface area contributed by atoms with Gasteiger partial charge < -0.3 is 9.84 Å². The maximum Gasteiger partial charge on any atom is 0.122 e. The zero-order chi connectivity index (χ0) is 19.3. The van der Waals surface area contributed by atoms with E-state index in [-0.39, 0.29) is 6.10 Å². The van der Waals surface area contributed by atoms with Crippen LogP contribution in [0.2, 0.25) is 0 Å². The summed E-state index contributed by atoms with van der Waals surface area (Å²) in [7, 11) is 0. The largest absolute Gasteiger partial charge is 0.508 e. The Hall–Kier alpha value is -1.28. The Balaban J connectivity index is 1.79. The van der Waals surface area contributed by atoms with Crippen molar-refractivity contribution in [3.8, 4) is 5.75 Å². The Kier molecular flexibility index (Phi) is 10.6. The number of hydrogen-bond acceptors (Lipinski definition) is 2. The minimum absolute atomic E-state index is 0.0591. The highest BCUT2D eigenvalue weighted by Crippen LogP contribution is 2.39. The maximum absolute atomic E-state index is 10.4. The summed E-state index contributed by atoms with van der Waals surface area (Å²) >= 11 is 0. The molecule has 1 N–H and O–H groups in total. The summed E-state index contributed by atoms with van der Waals surface area (Å²) in [6, 6.07) is 3.98. The summed E-state index contributed by atoms with van der Waals surface area (Å²) in [5, 5.41) is 10.4. The van der Waals surface area contributed by atoms with Crippen LogP contribution >= 0.6 is 0 Å². The number of phenols is 1. The molecule has 1 aliphatic rings. The molecule has 2 nitrogen and oxygen atoms in total. The van der Waals surface area contributed by atoms with E-state index in [1.165, 1.54) is 75.3 Å². The SMILES string of the molecule is CC=Cc1c(CCCCCCCCCCCC)ccc(O)c1C1CCCO1. The molecule has 27 heavy (non-hydrogen) atoms. The molecule has 152 valence electrons. The van der Waals surface area contributed by atoms with E-state index in [1.54, 1.807) is 0 Å². The molecule has 0 amide bonds. The third-order valence-electron chi connectivity index (χ3n) is 5.74. The number of aromatic hydroxyl groups is 1. The van der Waals surface area contributed by atoms with Crippen molar-refractivity contribution in [2.45, 2.75) is 103 Å². The number of ether oxygens (including phenoxy) is 1. The van der Waals surface area contributed by atoms with Gasteiger partial charge in [0.25, 0.3) is 0 Å². The van der Waals surface area contributed by atoms with Crippen molar-refractivity contribution < 1.29 is 9.84 Å². The van der Waals surface area contributed by atoms with Crippen LogP contribution in [0, 0.1) is 0 Å². The molecule has 1 fully saturated rings. The molecule has 1 aromatic carbocycles. The highest BCUT2D eigenvalue weighted by molar-refractivity contribution is 5.62. The molecule has 0 radical (unpaired) electrons. The van der Waals surface area contributed by atoms with Crippen molar-refractivity contribution in [1.29, 1.82) is 0 Å². The first-order valence-corrected chi connectivity index (χ1v) is 11.4. The van der Waals surface area contributed by atoms with Crippen LogP contribution in [-0.4, -0.2) is 11.7 Å². The van der Waals surface area contributed by atoms with Crippen LogP contribution in [0.25, 0.3) is 6.08 Å². The lowest BCUT2D eigenvalue weighted by Crippen LogP contribution is -2.03. The summed E-state index contributed by atoms with van der Waals surface area (Å²) in [5.74, 6) is 0.391. The van der Waals surface area contributed by atoms with Gasteiger partial charge in [-0.15, -0.1) is 0 Å². The Labute approximate surface area is 167 Å². The zero-order valence-electron chi connectivity index (χ0n) is 17.6. The van der Waals surface area contributed by atoms with Gasteiger partial charge in [0, 0.05) is 12.2 Å². The van der Waals surface area contributed by atoms with Gasteiger partial charge >= 0.3 is 0 Å². The first-order chi connectivity index (χ1) is 13.3. The van der Waals surface area contributed by atoms with Crippen molar-refractivity contribution in [2.24, 2.45) is 0 Å². The molecule has 2 rings (SSSR count).